The molecular weight excluding hydrogens is 247 g/mol. The number of aliphatic hydroxyl groups is 1. The van der Waals surface area contributed by atoms with Crippen LogP contribution in [-0.4, -0.2) is 49.5 Å². The lowest BCUT2D eigenvalue weighted by atomic mass is 10.3. The third-order valence-corrected chi connectivity index (χ3v) is 3.99. The standard InChI is InChI=1S/C8H16F3NO3S/c1-2-12(5-6-13)16(14,15)7-3-4-8(9,10)11/h13H,2-7H2,1H3. The topological polar surface area (TPSA) is 57.6 Å². The minimum atomic E-state index is -4.33. The largest absolute Gasteiger partial charge is 0.395 e. The molecule has 0 aromatic heterocycles. The van der Waals surface area contributed by atoms with Gasteiger partial charge in [0, 0.05) is 19.5 Å². The van der Waals surface area contributed by atoms with Crippen LogP contribution in [0.4, 0.5) is 13.2 Å². The Labute approximate surface area is 93.1 Å². The number of hydrogen-bond acceptors (Lipinski definition) is 3. The lowest BCUT2D eigenvalue weighted by Gasteiger charge is -2.19. The van der Waals surface area contributed by atoms with Crippen molar-refractivity contribution >= 4 is 10.0 Å². The van der Waals surface area contributed by atoms with Crippen molar-refractivity contribution in [2.45, 2.75) is 25.9 Å². The fourth-order valence-corrected chi connectivity index (χ4v) is 2.71. The smallest absolute Gasteiger partial charge is 0.389 e. The molecule has 0 aliphatic carbocycles. The highest BCUT2D eigenvalue weighted by Crippen LogP contribution is 2.21. The third-order valence-electron chi connectivity index (χ3n) is 1.96. The molecule has 0 aromatic carbocycles. The van der Waals surface area contributed by atoms with Crippen LogP contribution in [0.2, 0.25) is 0 Å². The molecule has 0 unspecified atom stereocenters. The summed E-state index contributed by atoms with van der Waals surface area (Å²) >= 11 is 0. The summed E-state index contributed by atoms with van der Waals surface area (Å²) in [6.45, 7) is 1.29. The van der Waals surface area contributed by atoms with Crippen LogP contribution in [0, 0.1) is 0 Å². The Morgan fingerprint density at radius 1 is 1.31 bits per heavy atom. The van der Waals surface area contributed by atoms with Gasteiger partial charge in [0.1, 0.15) is 0 Å². The normalized spacial score (nSPS) is 13.4. The Morgan fingerprint density at radius 3 is 2.25 bits per heavy atom. The molecule has 1 N–H and O–H groups in total. The number of hydrogen-bond donors (Lipinski definition) is 1. The zero-order chi connectivity index (χ0) is 12.8. The summed E-state index contributed by atoms with van der Waals surface area (Å²) in [7, 11) is -3.68. The van der Waals surface area contributed by atoms with E-state index in [1.54, 1.807) is 6.92 Å². The SMILES string of the molecule is CCN(CCO)S(=O)(=O)CCCC(F)(F)F. The molecule has 0 rings (SSSR count). The van der Waals surface area contributed by atoms with Crippen LogP contribution in [0.5, 0.6) is 0 Å². The van der Waals surface area contributed by atoms with Gasteiger partial charge < -0.3 is 5.11 Å². The van der Waals surface area contributed by atoms with Gasteiger partial charge in [-0.1, -0.05) is 6.92 Å². The molecule has 8 heteroatoms. The molecule has 0 aromatic rings. The molecular formula is C8H16F3NO3S. The molecule has 0 radical (unpaired) electrons. The molecule has 0 saturated carbocycles. The van der Waals surface area contributed by atoms with Gasteiger partial charge in [-0.15, -0.1) is 0 Å². The van der Waals surface area contributed by atoms with E-state index in [4.69, 9.17) is 5.11 Å². The first-order valence-corrected chi connectivity index (χ1v) is 6.49. The van der Waals surface area contributed by atoms with Crippen LogP contribution >= 0.6 is 0 Å². The third kappa shape index (κ3) is 6.29. The van der Waals surface area contributed by atoms with Gasteiger partial charge >= 0.3 is 6.18 Å². The van der Waals surface area contributed by atoms with E-state index in [1.165, 1.54) is 0 Å². The number of aliphatic hydroxyl groups excluding tert-OH is 1. The van der Waals surface area contributed by atoms with E-state index in [9.17, 15) is 21.6 Å². The highest BCUT2D eigenvalue weighted by Gasteiger charge is 2.28. The van der Waals surface area contributed by atoms with Crippen molar-refractivity contribution in [3.63, 3.8) is 0 Å². The molecule has 0 amide bonds. The first-order valence-electron chi connectivity index (χ1n) is 4.88. The molecule has 0 saturated heterocycles. The summed E-state index contributed by atoms with van der Waals surface area (Å²) in [5.41, 5.74) is 0. The van der Waals surface area contributed by atoms with Gasteiger partial charge in [0.2, 0.25) is 10.0 Å². The lowest BCUT2D eigenvalue weighted by Crippen LogP contribution is -2.35. The van der Waals surface area contributed by atoms with Crippen LogP contribution in [0.1, 0.15) is 19.8 Å². The minimum Gasteiger partial charge on any atom is -0.395 e. The van der Waals surface area contributed by atoms with Crippen molar-refractivity contribution in [3.8, 4) is 0 Å². The first kappa shape index (κ1) is 15.7. The summed E-state index contributed by atoms with van der Waals surface area (Å²) < 4.78 is 59.4. The van der Waals surface area contributed by atoms with E-state index < -0.39 is 34.8 Å². The summed E-state index contributed by atoms with van der Waals surface area (Å²) in [4.78, 5) is 0. The molecule has 0 bridgehead atoms. The number of likely N-dealkylation sites (N-methyl/N-ethyl adjacent to an activating group) is 1. The number of rotatable bonds is 7. The molecule has 0 heterocycles. The second kappa shape index (κ2) is 6.41. The number of sulfonamides is 1. The van der Waals surface area contributed by atoms with Crippen LogP contribution < -0.4 is 0 Å². The van der Waals surface area contributed by atoms with Crippen LogP contribution in [0.15, 0.2) is 0 Å². The van der Waals surface area contributed by atoms with Gasteiger partial charge in [0.25, 0.3) is 0 Å². The van der Waals surface area contributed by atoms with E-state index in [-0.39, 0.29) is 19.7 Å². The van der Waals surface area contributed by atoms with Crippen molar-refractivity contribution in [3.05, 3.63) is 0 Å². The Morgan fingerprint density at radius 2 is 1.88 bits per heavy atom. The molecule has 0 fully saturated rings. The minimum absolute atomic E-state index is 0.0785. The second-order valence-corrected chi connectivity index (χ2v) is 5.34. The Hall–Kier alpha value is -0.340. The Kier molecular flexibility index (Phi) is 6.27. The first-order chi connectivity index (χ1) is 7.23. The maximum Gasteiger partial charge on any atom is 0.389 e. The molecule has 0 aliphatic heterocycles. The van der Waals surface area contributed by atoms with E-state index in [2.05, 4.69) is 0 Å². The van der Waals surface area contributed by atoms with Crippen molar-refractivity contribution in [1.82, 2.24) is 4.31 Å². The van der Waals surface area contributed by atoms with E-state index >= 15 is 0 Å². The Balaban J connectivity index is 4.23. The van der Waals surface area contributed by atoms with Crippen LogP contribution in [0.3, 0.4) is 0 Å². The maximum atomic E-state index is 11.8. The molecule has 98 valence electrons. The summed E-state index contributed by atoms with van der Waals surface area (Å²) in [6, 6.07) is 0. The number of alkyl halides is 3. The van der Waals surface area contributed by atoms with Gasteiger partial charge in [-0.05, 0) is 6.42 Å². The molecule has 0 aliphatic rings. The van der Waals surface area contributed by atoms with Crippen LogP contribution in [0.25, 0.3) is 0 Å². The van der Waals surface area contributed by atoms with E-state index in [0.717, 1.165) is 4.31 Å². The average Bonchev–Trinajstić information content (AvgIpc) is 2.11. The van der Waals surface area contributed by atoms with Gasteiger partial charge in [-0.25, -0.2) is 8.42 Å². The summed E-state index contributed by atoms with van der Waals surface area (Å²) in [6.07, 6.45) is -5.89. The van der Waals surface area contributed by atoms with Gasteiger partial charge in [-0.2, -0.15) is 17.5 Å². The molecule has 0 atom stereocenters. The molecule has 4 nitrogen and oxygen atoms in total. The quantitative estimate of drug-likeness (QED) is 0.744. The predicted octanol–water partition coefficient (Wildman–Crippen LogP) is 0.973. The predicted molar refractivity (Wildman–Crippen MR) is 53.4 cm³/mol. The second-order valence-electron chi connectivity index (χ2n) is 3.25. The molecule has 0 spiro atoms. The van der Waals surface area contributed by atoms with Crippen molar-refractivity contribution in [2.75, 3.05) is 25.4 Å². The van der Waals surface area contributed by atoms with E-state index in [1.807, 2.05) is 0 Å². The highest BCUT2D eigenvalue weighted by molar-refractivity contribution is 7.89. The Bertz CT molecular complexity index is 289. The maximum absolute atomic E-state index is 11.8. The van der Waals surface area contributed by atoms with Crippen molar-refractivity contribution in [1.29, 1.82) is 0 Å². The number of nitrogens with zero attached hydrogens (tertiary/aromatic N) is 1. The average molecular weight is 263 g/mol. The van der Waals surface area contributed by atoms with Gasteiger partial charge in [-0.3, -0.25) is 0 Å². The van der Waals surface area contributed by atoms with Crippen molar-refractivity contribution < 1.29 is 26.7 Å². The van der Waals surface area contributed by atoms with Gasteiger partial charge in [0.05, 0.1) is 12.4 Å². The fraction of sp³-hybridized carbons (Fsp3) is 1.00. The summed E-state index contributed by atoms with van der Waals surface area (Å²) in [5.74, 6) is -0.541. The van der Waals surface area contributed by atoms with Crippen molar-refractivity contribution in [2.24, 2.45) is 0 Å². The zero-order valence-corrected chi connectivity index (χ0v) is 9.81. The van der Waals surface area contributed by atoms with Crippen LogP contribution in [-0.2, 0) is 10.0 Å². The highest BCUT2D eigenvalue weighted by atomic mass is 32.2. The number of halogens is 3. The monoisotopic (exact) mass is 263 g/mol. The summed E-state index contributed by atoms with van der Waals surface area (Å²) in [5, 5.41) is 8.60. The lowest BCUT2D eigenvalue weighted by molar-refractivity contribution is -0.134. The van der Waals surface area contributed by atoms with E-state index in [0.29, 0.717) is 0 Å². The zero-order valence-electron chi connectivity index (χ0n) is 9.00. The molecule has 16 heavy (non-hydrogen) atoms. The van der Waals surface area contributed by atoms with Gasteiger partial charge in [0.15, 0.2) is 0 Å². The fourth-order valence-electron chi connectivity index (χ4n) is 1.19.